The second-order valence-electron chi connectivity index (χ2n) is 5.30. The van der Waals surface area contributed by atoms with E-state index in [0.717, 1.165) is 10.1 Å². The lowest BCUT2D eigenvalue weighted by Gasteiger charge is -2.23. The van der Waals surface area contributed by atoms with E-state index in [1.54, 1.807) is 6.07 Å². The van der Waals surface area contributed by atoms with E-state index in [1.807, 2.05) is 12.1 Å². The molecule has 0 spiro atoms. The van der Waals surface area contributed by atoms with Gasteiger partial charge in [-0.3, -0.25) is 4.79 Å². The predicted octanol–water partition coefficient (Wildman–Crippen LogP) is 3.55. The Balaban J connectivity index is 1.78. The number of nitrogens with one attached hydrogen (secondary N) is 1. The van der Waals surface area contributed by atoms with Crippen molar-refractivity contribution in [1.29, 1.82) is 0 Å². The van der Waals surface area contributed by atoms with Crippen LogP contribution in [-0.2, 0) is 0 Å². The summed E-state index contributed by atoms with van der Waals surface area (Å²) >= 11 is 8.19. The molecule has 20 heavy (non-hydrogen) atoms. The summed E-state index contributed by atoms with van der Waals surface area (Å²) in [5, 5.41) is 3.58. The minimum atomic E-state index is -0.0527. The summed E-state index contributed by atoms with van der Waals surface area (Å²) in [5.74, 6) is -0.0527. The number of likely N-dealkylation sites (N-methyl/N-ethyl adjacent to an activating group) is 1. The Labute approximate surface area is 139 Å². The summed E-state index contributed by atoms with van der Waals surface area (Å²) in [5.41, 5.74) is 0.624. The van der Waals surface area contributed by atoms with Gasteiger partial charge in [0.2, 0.25) is 0 Å². The van der Waals surface area contributed by atoms with Crippen molar-refractivity contribution >= 4 is 40.1 Å². The smallest absolute Gasteiger partial charge is 0.251 e. The number of hydrogen-bond acceptors (Lipinski definition) is 2. The van der Waals surface area contributed by atoms with Gasteiger partial charge < -0.3 is 10.2 Å². The highest BCUT2D eigenvalue weighted by molar-refractivity contribution is 14.1. The summed E-state index contributed by atoms with van der Waals surface area (Å²) < 4.78 is 0.960. The second-order valence-corrected chi connectivity index (χ2v) is 6.87. The summed E-state index contributed by atoms with van der Waals surface area (Å²) in [6.07, 6.45) is 5.25. The molecule has 0 bridgehead atoms. The fourth-order valence-corrected chi connectivity index (χ4v) is 3.13. The van der Waals surface area contributed by atoms with Crippen LogP contribution in [0.4, 0.5) is 0 Å². The average molecular weight is 407 g/mol. The normalized spacial score (nSPS) is 15.8. The van der Waals surface area contributed by atoms with Gasteiger partial charge in [-0.05, 0) is 60.7 Å². The van der Waals surface area contributed by atoms with E-state index < -0.39 is 0 Å². The zero-order chi connectivity index (χ0) is 14.5. The van der Waals surface area contributed by atoms with E-state index in [0.29, 0.717) is 23.2 Å². The Kier molecular flexibility index (Phi) is 6.11. The van der Waals surface area contributed by atoms with E-state index in [4.69, 9.17) is 11.6 Å². The molecule has 110 valence electrons. The van der Waals surface area contributed by atoms with Gasteiger partial charge in [0.25, 0.3) is 5.91 Å². The third-order valence-electron chi connectivity index (χ3n) is 3.88. The minimum absolute atomic E-state index is 0.0527. The Hall–Kier alpha value is -0.330. The van der Waals surface area contributed by atoms with Crippen molar-refractivity contribution in [1.82, 2.24) is 10.2 Å². The zero-order valence-electron chi connectivity index (χ0n) is 11.7. The second kappa shape index (κ2) is 7.61. The van der Waals surface area contributed by atoms with E-state index in [-0.39, 0.29) is 5.91 Å². The molecule has 0 saturated heterocycles. The van der Waals surface area contributed by atoms with Gasteiger partial charge in [-0.2, -0.15) is 0 Å². The highest BCUT2D eigenvalue weighted by atomic mass is 127. The number of amides is 1. The van der Waals surface area contributed by atoms with Crippen molar-refractivity contribution in [2.24, 2.45) is 0 Å². The van der Waals surface area contributed by atoms with Gasteiger partial charge in [0.1, 0.15) is 0 Å². The summed E-state index contributed by atoms with van der Waals surface area (Å²) in [4.78, 5) is 14.4. The molecule has 1 aliphatic carbocycles. The number of carbonyl (C=O) groups is 1. The third-order valence-corrected chi connectivity index (χ3v) is 5.45. The van der Waals surface area contributed by atoms with Gasteiger partial charge in [-0.15, -0.1) is 0 Å². The Morgan fingerprint density at radius 2 is 2.15 bits per heavy atom. The molecule has 1 saturated carbocycles. The van der Waals surface area contributed by atoms with Crippen molar-refractivity contribution in [3.8, 4) is 0 Å². The maximum Gasteiger partial charge on any atom is 0.251 e. The molecule has 0 aromatic heterocycles. The molecule has 1 N–H and O–H groups in total. The molecule has 3 nitrogen and oxygen atoms in total. The van der Waals surface area contributed by atoms with E-state index >= 15 is 0 Å². The standard InChI is InChI=1S/C15H20ClIN2O/c1-19(12-4-2-3-5-12)9-8-18-15(20)11-6-7-14(17)13(16)10-11/h6-7,10,12H,2-5,8-9H2,1H3,(H,18,20). The van der Waals surface area contributed by atoms with E-state index in [2.05, 4.69) is 39.9 Å². The molecule has 1 amide bonds. The Bertz CT molecular complexity index is 475. The molecule has 0 radical (unpaired) electrons. The molecule has 5 heteroatoms. The van der Waals surface area contributed by atoms with Crippen molar-refractivity contribution in [3.05, 3.63) is 32.4 Å². The van der Waals surface area contributed by atoms with E-state index in [9.17, 15) is 4.79 Å². The summed E-state index contributed by atoms with van der Waals surface area (Å²) in [6.45, 7) is 1.57. The predicted molar refractivity (Wildman–Crippen MR) is 91.4 cm³/mol. The molecule has 0 unspecified atom stereocenters. The van der Waals surface area contributed by atoms with Crippen molar-refractivity contribution in [2.75, 3.05) is 20.1 Å². The van der Waals surface area contributed by atoms with Gasteiger partial charge >= 0.3 is 0 Å². The van der Waals surface area contributed by atoms with Crippen LogP contribution < -0.4 is 5.32 Å². The van der Waals surface area contributed by atoms with Crippen LogP contribution in [0.5, 0.6) is 0 Å². The number of carbonyl (C=O) groups excluding carboxylic acids is 1. The Morgan fingerprint density at radius 3 is 2.80 bits per heavy atom. The first-order chi connectivity index (χ1) is 9.58. The first-order valence-electron chi connectivity index (χ1n) is 7.01. The Morgan fingerprint density at radius 1 is 1.45 bits per heavy atom. The van der Waals surface area contributed by atoms with Crippen LogP contribution in [0, 0.1) is 3.57 Å². The summed E-state index contributed by atoms with van der Waals surface area (Å²) in [6, 6.07) is 6.09. The maximum atomic E-state index is 12.0. The molecule has 2 rings (SSSR count). The SMILES string of the molecule is CN(CCNC(=O)c1ccc(I)c(Cl)c1)C1CCCC1. The average Bonchev–Trinajstić information content (AvgIpc) is 2.95. The number of halogens is 2. The molecule has 1 aliphatic rings. The molecule has 0 heterocycles. The first kappa shape index (κ1) is 16.0. The van der Waals surface area contributed by atoms with Crippen LogP contribution in [0.2, 0.25) is 5.02 Å². The molecule has 0 atom stereocenters. The topological polar surface area (TPSA) is 32.3 Å². The molecular formula is C15H20ClIN2O. The van der Waals surface area contributed by atoms with Gasteiger partial charge in [0, 0.05) is 28.3 Å². The molecule has 1 aromatic carbocycles. The fraction of sp³-hybridized carbons (Fsp3) is 0.533. The van der Waals surface area contributed by atoms with Crippen LogP contribution in [0.15, 0.2) is 18.2 Å². The number of rotatable bonds is 5. The van der Waals surface area contributed by atoms with E-state index in [1.165, 1.54) is 25.7 Å². The van der Waals surface area contributed by atoms with Crippen molar-refractivity contribution in [3.63, 3.8) is 0 Å². The minimum Gasteiger partial charge on any atom is -0.351 e. The number of benzene rings is 1. The highest BCUT2D eigenvalue weighted by Gasteiger charge is 2.19. The van der Waals surface area contributed by atoms with Crippen LogP contribution in [0.3, 0.4) is 0 Å². The molecule has 0 aliphatic heterocycles. The van der Waals surface area contributed by atoms with Crippen molar-refractivity contribution in [2.45, 2.75) is 31.7 Å². The fourth-order valence-electron chi connectivity index (χ4n) is 2.61. The van der Waals surface area contributed by atoms with Crippen LogP contribution in [0.25, 0.3) is 0 Å². The van der Waals surface area contributed by atoms with Gasteiger partial charge in [-0.25, -0.2) is 0 Å². The van der Waals surface area contributed by atoms with Crippen molar-refractivity contribution < 1.29 is 4.79 Å². The first-order valence-corrected chi connectivity index (χ1v) is 8.47. The van der Waals surface area contributed by atoms with Crippen LogP contribution in [0.1, 0.15) is 36.0 Å². The van der Waals surface area contributed by atoms with Gasteiger partial charge in [0.15, 0.2) is 0 Å². The third kappa shape index (κ3) is 4.33. The number of nitrogens with zero attached hydrogens (tertiary/aromatic N) is 1. The van der Waals surface area contributed by atoms with Gasteiger partial charge in [0.05, 0.1) is 5.02 Å². The largest absolute Gasteiger partial charge is 0.351 e. The van der Waals surface area contributed by atoms with Gasteiger partial charge in [-0.1, -0.05) is 24.4 Å². The number of hydrogen-bond donors (Lipinski definition) is 1. The molecule has 1 fully saturated rings. The monoisotopic (exact) mass is 406 g/mol. The highest BCUT2D eigenvalue weighted by Crippen LogP contribution is 2.22. The summed E-state index contributed by atoms with van der Waals surface area (Å²) in [7, 11) is 2.14. The van der Waals surface area contributed by atoms with Crippen LogP contribution >= 0.6 is 34.2 Å². The molecular weight excluding hydrogens is 387 g/mol. The quantitative estimate of drug-likeness (QED) is 0.759. The maximum absolute atomic E-state index is 12.0. The lowest BCUT2D eigenvalue weighted by Crippen LogP contribution is -2.37. The molecule has 1 aromatic rings. The zero-order valence-corrected chi connectivity index (χ0v) is 14.6. The lowest BCUT2D eigenvalue weighted by atomic mass is 10.2. The lowest BCUT2D eigenvalue weighted by molar-refractivity contribution is 0.0947. The van der Waals surface area contributed by atoms with Crippen LogP contribution in [-0.4, -0.2) is 37.0 Å².